The number of rotatable bonds is 5. The number of hydrogen-bond acceptors (Lipinski definition) is 3. The average Bonchev–Trinajstić information content (AvgIpc) is 3.04. The molecule has 0 spiro atoms. The number of nitrogens with one attached hydrogen (secondary N) is 1. The zero-order chi connectivity index (χ0) is 10.7. The van der Waals surface area contributed by atoms with Crippen LogP contribution in [0.25, 0.3) is 0 Å². The SMILES string of the molecule is CCc1ncnc(NCCC2CC2)c1F. The minimum atomic E-state index is -0.296. The standard InChI is InChI=1S/C11H16FN3/c1-2-9-10(12)11(15-7-14-9)13-6-5-8-3-4-8/h7-8H,2-6H2,1H3,(H,13,14,15). The molecule has 82 valence electrons. The van der Waals surface area contributed by atoms with Crippen LogP contribution in [0.1, 0.15) is 31.9 Å². The molecule has 4 heteroatoms. The Labute approximate surface area is 89.1 Å². The Morgan fingerprint density at radius 3 is 2.93 bits per heavy atom. The monoisotopic (exact) mass is 209 g/mol. The van der Waals surface area contributed by atoms with E-state index in [1.807, 2.05) is 6.92 Å². The van der Waals surface area contributed by atoms with Crippen molar-refractivity contribution in [2.45, 2.75) is 32.6 Å². The predicted octanol–water partition coefficient (Wildman–Crippen LogP) is 2.39. The summed E-state index contributed by atoms with van der Waals surface area (Å²) in [6.45, 7) is 2.70. The Balaban J connectivity index is 1.93. The molecule has 1 aliphatic rings. The quantitative estimate of drug-likeness (QED) is 0.809. The zero-order valence-corrected chi connectivity index (χ0v) is 8.96. The molecule has 1 aromatic heterocycles. The molecule has 0 aliphatic heterocycles. The van der Waals surface area contributed by atoms with Crippen LogP contribution in [0.4, 0.5) is 10.2 Å². The maximum absolute atomic E-state index is 13.6. The second-order valence-electron chi connectivity index (χ2n) is 4.00. The summed E-state index contributed by atoms with van der Waals surface area (Å²) in [5.41, 5.74) is 0.485. The second kappa shape index (κ2) is 4.55. The van der Waals surface area contributed by atoms with Crippen LogP contribution < -0.4 is 5.32 Å². The lowest BCUT2D eigenvalue weighted by Gasteiger charge is -2.07. The van der Waals surface area contributed by atoms with E-state index < -0.39 is 0 Å². The molecule has 0 saturated heterocycles. The van der Waals surface area contributed by atoms with Gasteiger partial charge in [-0.15, -0.1) is 0 Å². The third kappa shape index (κ3) is 2.64. The highest BCUT2D eigenvalue weighted by atomic mass is 19.1. The Morgan fingerprint density at radius 1 is 1.47 bits per heavy atom. The summed E-state index contributed by atoms with van der Waals surface area (Å²) in [5, 5.41) is 3.03. The number of halogens is 1. The van der Waals surface area contributed by atoms with E-state index >= 15 is 0 Å². The van der Waals surface area contributed by atoms with Crippen molar-refractivity contribution < 1.29 is 4.39 Å². The largest absolute Gasteiger partial charge is 0.368 e. The third-order valence-corrected chi connectivity index (χ3v) is 2.74. The minimum absolute atomic E-state index is 0.296. The average molecular weight is 209 g/mol. The van der Waals surface area contributed by atoms with Gasteiger partial charge in [0.2, 0.25) is 0 Å². The molecule has 0 unspecified atom stereocenters. The molecule has 1 fully saturated rings. The lowest BCUT2D eigenvalue weighted by Crippen LogP contribution is -2.08. The van der Waals surface area contributed by atoms with Gasteiger partial charge in [0.05, 0.1) is 5.69 Å². The zero-order valence-electron chi connectivity index (χ0n) is 8.96. The smallest absolute Gasteiger partial charge is 0.186 e. The fraction of sp³-hybridized carbons (Fsp3) is 0.636. The highest BCUT2D eigenvalue weighted by molar-refractivity contribution is 5.37. The van der Waals surface area contributed by atoms with Crippen LogP contribution in [0.5, 0.6) is 0 Å². The molecule has 0 bridgehead atoms. The van der Waals surface area contributed by atoms with E-state index in [1.165, 1.54) is 19.2 Å². The Bertz CT molecular complexity index is 337. The Kier molecular flexibility index (Phi) is 3.14. The summed E-state index contributed by atoms with van der Waals surface area (Å²) < 4.78 is 13.6. The van der Waals surface area contributed by atoms with Crippen molar-refractivity contribution in [3.63, 3.8) is 0 Å². The summed E-state index contributed by atoms with van der Waals surface area (Å²) in [6.07, 6.45) is 5.79. The van der Waals surface area contributed by atoms with Crippen LogP contribution in [0.2, 0.25) is 0 Å². The minimum Gasteiger partial charge on any atom is -0.368 e. The molecule has 3 nitrogen and oxygen atoms in total. The molecule has 1 heterocycles. The topological polar surface area (TPSA) is 37.8 Å². The van der Waals surface area contributed by atoms with E-state index in [4.69, 9.17) is 0 Å². The van der Waals surface area contributed by atoms with Crippen molar-refractivity contribution >= 4 is 5.82 Å². The predicted molar refractivity (Wildman–Crippen MR) is 57.2 cm³/mol. The molecule has 15 heavy (non-hydrogen) atoms. The maximum Gasteiger partial charge on any atom is 0.186 e. The summed E-state index contributed by atoms with van der Waals surface area (Å²) >= 11 is 0. The van der Waals surface area contributed by atoms with Gasteiger partial charge in [0, 0.05) is 6.54 Å². The van der Waals surface area contributed by atoms with Crippen molar-refractivity contribution in [3.8, 4) is 0 Å². The lowest BCUT2D eigenvalue weighted by atomic mass is 10.3. The van der Waals surface area contributed by atoms with E-state index in [9.17, 15) is 4.39 Å². The Morgan fingerprint density at radius 2 is 2.27 bits per heavy atom. The molecule has 0 atom stereocenters. The summed E-state index contributed by atoms with van der Waals surface area (Å²) in [4.78, 5) is 7.79. The van der Waals surface area contributed by atoms with Crippen molar-refractivity contribution in [1.82, 2.24) is 9.97 Å². The molecule has 2 rings (SSSR count). The number of nitrogens with zero attached hydrogens (tertiary/aromatic N) is 2. The first-order valence-corrected chi connectivity index (χ1v) is 5.54. The normalized spacial score (nSPS) is 15.3. The van der Waals surface area contributed by atoms with Gasteiger partial charge in [-0.25, -0.2) is 14.4 Å². The number of aromatic nitrogens is 2. The van der Waals surface area contributed by atoms with Crippen LogP contribution in [0.3, 0.4) is 0 Å². The van der Waals surface area contributed by atoms with Gasteiger partial charge in [-0.2, -0.15) is 0 Å². The van der Waals surface area contributed by atoms with Gasteiger partial charge in [-0.3, -0.25) is 0 Å². The fourth-order valence-corrected chi connectivity index (χ4v) is 1.58. The molecule has 0 amide bonds. The molecular weight excluding hydrogens is 193 g/mol. The van der Waals surface area contributed by atoms with E-state index in [1.54, 1.807) is 0 Å². The molecular formula is C11H16FN3. The van der Waals surface area contributed by atoms with Crippen LogP contribution in [-0.4, -0.2) is 16.5 Å². The van der Waals surface area contributed by atoms with E-state index in [2.05, 4.69) is 15.3 Å². The van der Waals surface area contributed by atoms with Gasteiger partial charge in [0.25, 0.3) is 0 Å². The van der Waals surface area contributed by atoms with Crippen molar-refractivity contribution in [3.05, 3.63) is 17.8 Å². The highest BCUT2D eigenvalue weighted by Crippen LogP contribution is 2.32. The van der Waals surface area contributed by atoms with E-state index in [0.29, 0.717) is 17.9 Å². The maximum atomic E-state index is 13.6. The van der Waals surface area contributed by atoms with Crippen LogP contribution in [-0.2, 0) is 6.42 Å². The van der Waals surface area contributed by atoms with Crippen LogP contribution in [0.15, 0.2) is 6.33 Å². The van der Waals surface area contributed by atoms with Crippen molar-refractivity contribution in [2.24, 2.45) is 5.92 Å². The highest BCUT2D eigenvalue weighted by Gasteiger charge is 2.20. The van der Waals surface area contributed by atoms with Gasteiger partial charge < -0.3 is 5.32 Å². The molecule has 0 aromatic carbocycles. The fourth-order valence-electron chi connectivity index (χ4n) is 1.58. The molecule has 1 aromatic rings. The summed E-state index contributed by atoms with van der Waals surface area (Å²) in [5.74, 6) is 0.909. The van der Waals surface area contributed by atoms with Crippen LogP contribution >= 0.6 is 0 Å². The number of anilines is 1. The summed E-state index contributed by atoms with van der Waals surface area (Å²) in [7, 11) is 0. The first-order chi connectivity index (χ1) is 7.31. The summed E-state index contributed by atoms with van der Waals surface area (Å²) in [6, 6.07) is 0. The molecule has 1 N–H and O–H groups in total. The first kappa shape index (κ1) is 10.3. The van der Waals surface area contributed by atoms with Crippen LogP contribution in [0, 0.1) is 11.7 Å². The molecule has 0 radical (unpaired) electrons. The van der Waals surface area contributed by atoms with Gasteiger partial charge in [-0.05, 0) is 18.8 Å². The lowest BCUT2D eigenvalue weighted by molar-refractivity contribution is 0.595. The third-order valence-electron chi connectivity index (χ3n) is 2.74. The number of aryl methyl sites for hydroxylation is 1. The molecule has 1 saturated carbocycles. The van der Waals surface area contributed by atoms with Gasteiger partial charge >= 0.3 is 0 Å². The van der Waals surface area contributed by atoms with Gasteiger partial charge in [0.15, 0.2) is 11.6 Å². The van der Waals surface area contributed by atoms with Gasteiger partial charge in [-0.1, -0.05) is 19.8 Å². The van der Waals surface area contributed by atoms with E-state index in [0.717, 1.165) is 18.9 Å². The van der Waals surface area contributed by atoms with Gasteiger partial charge in [0.1, 0.15) is 6.33 Å². The second-order valence-corrected chi connectivity index (χ2v) is 4.00. The number of hydrogen-bond donors (Lipinski definition) is 1. The Hall–Kier alpha value is -1.19. The molecule has 1 aliphatic carbocycles. The van der Waals surface area contributed by atoms with E-state index in [-0.39, 0.29) is 5.82 Å². The first-order valence-electron chi connectivity index (χ1n) is 5.54. The van der Waals surface area contributed by atoms with Crippen molar-refractivity contribution in [1.29, 1.82) is 0 Å². The van der Waals surface area contributed by atoms with Crippen molar-refractivity contribution in [2.75, 3.05) is 11.9 Å².